The van der Waals surface area contributed by atoms with Gasteiger partial charge in [-0.15, -0.1) is 0 Å². The van der Waals surface area contributed by atoms with Gasteiger partial charge in [0, 0.05) is 13.0 Å². The van der Waals surface area contributed by atoms with Crippen molar-refractivity contribution in [3.05, 3.63) is 30.1 Å². The minimum atomic E-state index is -0.201. The first-order chi connectivity index (χ1) is 9.61. The van der Waals surface area contributed by atoms with Gasteiger partial charge in [-0.05, 0) is 12.1 Å². The van der Waals surface area contributed by atoms with E-state index in [-0.39, 0.29) is 18.4 Å². The summed E-state index contributed by atoms with van der Waals surface area (Å²) in [4.78, 5) is 15.6. The lowest BCUT2D eigenvalue weighted by molar-refractivity contribution is -0.122. The average molecular weight is 275 g/mol. The molecule has 0 bridgehead atoms. The van der Waals surface area contributed by atoms with E-state index in [4.69, 9.17) is 9.26 Å². The lowest BCUT2D eigenvalue weighted by Gasteiger charge is -2.07. The van der Waals surface area contributed by atoms with Crippen LogP contribution in [-0.4, -0.2) is 29.7 Å². The minimum Gasteiger partial charge on any atom is -0.483 e. The molecular weight excluding hydrogens is 258 g/mol. The summed E-state index contributed by atoms with van der Waals surface area (Å²) in [5, 5.41) is 6.42. The number of ether oxygens (including phenoxy) is 1. The third-order valence-electron chi connectivity index (χ3n) is 2.71. The molecule has 6 nitrogen and oxygen atoms in total. The van der Waals surface area contributed by atoms with Crippen LogP contribution >= 0.6 is 0 Å². The van der Waals surface area contributed by atoms with E-state index in [1.807, 2.05) is 32.0 Å². The van der Waals surface area contributed by atoms with Crippen molar-refractivity contribution in [3.8, 4) is 17.2 Å². The van der Waals surface area contributed by atoms with Crippen LogP contribution in [-0.2, 0) is 4.79 Å². The Balaban J connectivity index is 2.24. The van der Waals surface area contributed by atoms with Gasteiger partial charge in [0.05, 0.1) is 5.56 Å². The van der Waals surface area contributed by atoms with Crippen LogP contribution in [0.15, 0.2) is 28.8 Å². The molecule has 0 spiro atoms. The summed E-state index contributed by atoms with van der Waals surface area (Å²) in [6, 6.07) is 7.25. The monoisotopic (exact) mass is 275 g/mol. The van der Waals surface area contributed by atoms with Crippen molar-refractivity contribution in [2.45, 2.75) is 19.8 Å². The summed E-state index contributed by atoms with van der Waals surface area (Å²) in [7, 11) is 1.56. The molecule has 1 aromatic carbocycles. The van der Waals surface area contributed by atoms with E-state index in [9.17, 15) is 4.79 Å². The zero-order valence-corrected chi connectivity index (χ0v) is 11.7. The first-order valence-electron chi connectivity index (χ1n) is 6.38. The summed E-state index contributed by atoms with van der Waals surface area (Å²) in [5.74, 6) is 1.55. The largest absolute Gasteiger partial charge is 0.483 e. The fraction of sp³-hybridized carbons (Fsp3) is 0.357. The number of hydrogen-bond donors (Lipinski definition) is 1. The highest BCUT2D eigenvalue weighted by molar-refractivity contribution is 5.77. The van der Waals surface area contributed by atoms with Crippen LogP contribution < -0.4 is 10.1 Å². The number of para-hydroxylation sites is 1. The van der Waals surface area contributed by atoms with Gasteiger partial charge >= 0.3 is 0 Å². The smallest absolute Gasteiger partial charge is 0.261 e. The van der Waals surface area contributed by atoms with Crippen molar-refractivity contribution in [1.29, 1.82) is 0 Å². The van der Waals surface area contributed by atoms with E-state index < -0.39 is 0 Å². The number of aromatic nitrogens is 2. The normalized spacial score (nSPS) is 10.6. The Morgan fingerprint density at radius 2 is 2.15 bits per heavy atom. The molecule has 0 saturated heterocycles. The van der Waals surface area contributed by atoms with Crippen LogP contribution in [0, 0.1) is 0 Å². The summed E-state index contributed by atoms with van der Waals surface area (Å²) in [6.45, 7) is 3.92. The Kier molecular flexibility index (Phi) is 4.34. The maximum atomic E-state index is 11.2. The van der Waals surface area contributed by atoms with Gasteiger partial charge in [-0.25, -0.2) is 0 Å². The van der Waals surface area contributed by atoms with Crippen LogP contribution in [0.1, 0.15) is 25.6 Å². The van der Waals surface area contributed by atoms with Crippen molar-refractivity contribution in [2.75, 3.05) is 13.7 Å². The Hall–Kier alpha value is -2.37. The maximum absolute atomic E-state index is 11.2. The fourth-order valence-corrected chi connectivity index (χ4v) is 1.56. The van der Waals surface area contributed by atoms with E-state index in [0.717, 1.165) is 0 Å². The third kappa shape index (κ3) is 3.14. The molecule has 6 heteroatoms. The zero-order chi connectivity index (χ0) is 14.5. The molecular formula is C14H17N3O3. The molecule has 0 atom stereocenters. The summed E-state index contributed by atoms with van der Waals surface area (Å²) < 4.78 is 10.7. The highest BCUT2D eigenvalue weighted by Crippen LogP contribution is 2.29. The molecule has 0 aliphatic carbocycles. The van der Waals surface area contributed by atoms with Crippen molar-refractivity contribution in [1.82, 2.24) is 15.5 Å². The third-order valence-corrected chi connectivity index (χ3v) is 2.71. The SMILES string of the molecule is CNC(=O)COc1ccccc1-c1nc(C(C)C)no1. The number of rotatable bonds is 5. The molecule has 20 heavy (non-hydrogen) atoms. The second-order valence-electron chi connectivity index (χ2n) is 4.57. The predicted octanol–water partition coefficient (Wildman–Crippen LogP) is 1.98. The predicted molar refractivity (Wildman–Crippen MR) is 73.4 cm³/mol. The molecule has 106 valence electrons. The molecule has 1 N–H and O–H groups in total. The summed E-state index contributed by atoms with van der Waals surface area (Å²) in [6.07, 6.45) is 0. The lowest BCUT2D eigenvalue weighted by atomic mass is 10.2. The highest BCUT2D eigenvalue weighted by Gasteiger charge is 2.15. The van der Waals surface area contributed by atoms with E-state index >= 15 is 0 Å². The number of likely N-dealkylation sites (N-methyl/N-ethyl adjacent to an activating group) is 1. The molecule has 0 aliphatic heterocycles. The number of nitrogens with zero attached hydrogens (tertiary/aromatic N) is 2. The van der Waals surface area contributed by atoms with E-state index in [2.05, 4.69) is 15.5 Å². The summed E-state index contributed by atoms with van der Waals surface area (Å²) in [5.41, 5.74) is 0.677. The van der Waals surface area contributed by atoms with Gasteiger partial charge in [0.25, 0.3) is 11.8 Å². The number of nitrogens with one attached hydrogen (secondary N) is 1. The van der Waals surface area contributed by atoms with Crippen LogP contribution in [0.5, 0.6) is 5.75 Å². The Labute approximate surface area is 117 Å². The molecule has 0 aliphatic rings. The Bertz CT molecular complexity index is 593. The number of carbonyl (C=O) groups is 1. The minimum absolute atomic E-state index is 0.0569. The molecule has 1 amide bonds. The number of carbonyl (C=O) groups excluding carboxylic acids is 1. The van der Waals surface area contributed by atoms with Crippen molar-refractivity contribution >= 4 is 5.91 Å². The van der Waals surface area contributed by atoms with Crippen LogP contribution in [0.2, 0.25) is 0 Å². The van der Waals surface area contributed by atoms with Gasteiger partial charge in [-0.1, -0.05) is 31.1 Å². The quantitative estimate of drug-likeness (QED) is 0.902. The molecule has 1 aromatic heterocycles. The van der Waals surface area contributed by atoms with E-state index in [0.29, 0.717) is 23.0 Å². The molecule has 0 saturated carbocycles. The lowest BCUT2D eigenvalue weighted by Crippen LogP contribution is -2.24. The zero-order valence-electron chi connectivity index (χ0n) is 11.7. The Morgan fingerprint density at radius 3 is 2.80 bits per heavy atom. The number of amides is 1. The Morgan fingerprint density at radius 1 is 1.40 bits per heavy atom. The molecule has 2 rings (SSSR count). The second-order valence-corrected chi connectivity index (χ2v) is 4.57. The van der Waals surface area contributed by atoms with Gasteiger partial charge in [0.1, 0.15) is 5.75 Å². The summed E-state index contributed by atoms with van der Waals surface area (Å²) >= 11 is 0. The molecule has 0 fully saturated rings. The van der Waals surface area contributed by atoms with Crippen LogP contribution in [0.25, 0.3) is 11.5 Å². The molecule has 1 heterocycles. The van der Waals surface area contributed by atoms with Gasteiger partial charge in [0.2, 0.25) is 0 Å². The maximum Gasteiger partial charge on any atom is 0.261 e. The van der Waals surface area contributed by atoms with Crippen molar-refractivity contribution in [3.63, 3.8) is 0 Å². The van der Waals surface area contributed by atoms with Crippen molar-refractivity contribution in [2.24, 2.45) is 0 Å². The average Bonchev–Trinajstić information content (AvgIpc) is 2.95. The second kappa shape index (κ2) is 6.18. The number of hydrogen-bond acceptors (Lipinski definition) is 5. The van der Waals surface area contributed by atoms with Gasteiger partial charge in [-0.3, -0.25) is 4.79 Å². The number of benzene rings is 1. The first-order valence-corrected chi connectivity index (χ1v) is 6.38. The standard InChI is InChI=1S/C14H17N3O3/c1-9(2)13-16-14(20-17-13)10-6-4-5-7-11(10)19-8-12(18)15-3/h4-7,9H,8H2,1-3H3,(H,15,18). The topological polar surface area (TPSA) is 77.2 Å². The van der Waals surface area contributed by atoms with E-state index in [1.165, 1.54) is 0 Å². The van der Waals surface area contributed by atoms with Crippen LogP contribution in [0.4, 0.5) is 0 Å². The first kappa shape index (κ1) is 14.0. The van der Waals surface area contributed by atoms with Gasteiger partial charge < -0.3 is 14.6 Å². The molecule has 2 aromatic rings. The molecule has 0 radical (unpaired) electrons. The fourth-order valence-electron chi connectivity index (χ4n) is 1.56. The molecule has 0 unspecified atom stereocenters. The highest BCUT2D eigenvalue weighted by atomic mass is 16.5. The van der Waals surface area contributed by atoms with Crippen LogP contribution in [0.3, 0.4) is 0 Å². The van der Waals surface area contributed by atoms with E-state index in [1.54, 1.807) is 13.1 Å². The van der Waals surface area contributed by atoms with Crippen molar-refractivity contribution < 1.29 is 14.1 Å². The van der Waals surface area contributed by atoms with Gasteiger partial charge in [-0.2, -0.15) is 4.98 Å². The van der Waals surface area contributed by atoms with Gasteiger partial charge in [0.15, 0.2) is 12.4 Å².